The Kier molecular flexibility index (Phi) is 11.2. The van der Waals surface area contributed by atoms with Gasteiger partial charge < -0.3 is 29.5 Å². The smallest absolute Gasteiger partial charge is 0.265 e. The second-order valence-electron chi connectivity index (χ2n) is 16.6. The van der Waals surface area contributed by atoms with E-state index in [1.54, 1.807) is 29.3 Å². The summed E-state index contributed by atoms with van der Waals surface area (Å²) in [6.07, 6.45) is 4.49. The molecule has 6 rings (SSSR count). The fourth-order valence-corrected chi connectivity index (χ4v) is 9.64. The van der Waals surface area contributed by atoms with Crippen LogP contribution in [0.1, 0.15) is 88.7 Å². The van der Waals surface area contributed by atoms with E-state index in [1.165, 1.54) is 17.5 Å². The van der Waals surface area contributed by atoms with Crippen LogP contribution in [0.4, 0.5) is 8.78 Å². The summed E-state index contributed by atoms with van der Waals surface area (Å²) in [5.74, 6) is -3.62. The molecule has 3 aliphatic heterocycles. The van der Waals surface area contributed by atoms with Gasteiger partial charge in [-0.3, -0.25) is 24.2 Å². The van der Waals surface area contributed by atoms with E-state index in [0.29, 0.717) is 63.0 Å². The van der Waals surface area contributed by atoms with Crippen molar-refractivity contribution in [3.05, 3.63) is 16.6 Å². The summed E-state index contributed by atoms with van der Waals surface area (Å²) >= 11 is 1.24. The molecular formula is C37H55F2N5O6S. The maximum Gasteiger partial charge on any atom is 0.265 e. The molecule has 1 N–H and O–H groups in total. The van der Waals surface area contributed by atoms with Gasteiger partial charge in [0.05, 0.1) is 36.4 Å². The minimum atomic E-state index is -2.66. The van der Waals surface area contributed by atoms with Gasteiger partial charge in [-0.2, -0.15) is 0 Å². The Labute approximate surface area is 304 Å². The number of likely N-dealkylation sites (tertiary alicyclic amines) is 3. The molecule has 284 valence electrons. The molecule has 14 heteroatoms. The highest BCUT2D eigenvalue weighted by Crippen LogP contribution is 2.50. The molecule has 5 aliphatic rings. The van der Waals surface area contributed by atoms with Crippen molar-refractivity contribution in [3.63, 3.8) is 0 Å². The van der Waals surface area contributed by atoms with E-state index >= 15 is 0 Å². The Morgan fingerprint density at radius 2 is 1.71 bits per heavy atom. The third kappa shape index (κ3) is 8.12. The average Bonchev–Trinajstić information content (AvgIpc) is 3.65. The fraction of sp³-hybridized carbons (Fsp3) is 0.811. The first-order chi connectivity index (χ1) is 24.1. The molecule has 0 aromatic carbocycles. The van der Waals surface area contributed by atoms with Crippen LogP contribution in [0, 0.1) is 34.5 Å². The molecule has 0 radical (unpaired) electrons. The van der Waals surface area contributed by atoms with Crippen LogP contribution in [0.3, 0.4) is 0 Å². The summed E-state index contributed by atoms with van der Waals surface area (Å²) in [5, 5.41) is 3.09. The number of hydrogen-bond donors (Lipinski definition) is 1. The van der Waals surface area contributed by atoms with Gasteiger partial charge in [0.15, 0.2) is 0 Å². The Morgan fingerprint density at radius 1 is 1.02 bits per heavy atom. The molecule has 3 saturated heterocycles. The minimum absolute atomic E-state index is 0.0715. The summed E-state index contributed by atoms with van der Waals surface area (Å²) in [6.45, 7) is 10.3. The van der Waals surface area contributed by atoms with Gasteiger partial charge in [0, 0.05) is 70.0 Å². The molecule has 51 heavy (non-hydrogen) atoms. The molecule has 1 spiro atoms. The lowest BCUT2D eigenvalue weighted by Gasteiger charge is -2.52. The standard InChI is InChI=1S/C37H55F2N5O6S/c1-23(26-10-12-37(38,39)13-11-26)50-24(2)30(33(47)42-14-6-7-25(16-42)18-49-5)41-31(45)28-17-43(32(46)29-15-40-22-51-29)19-36(28)20-44(21-36)34(48)35(3,4)27-8-9-27/h15,22-28,30H,6-14,16-21H2,1-5H3,(H,41,45)/t23?,24-,25+,28+,30+/m1/s1. The number of carbonyl (C=O) groups is 4. The van der Waals surface area contributed by atoms with Gasteiger partial charge in [0.2, 0.25) is 23.6 Å². The Hall–Kier alpha value is -2.71. The highest BCUT2D eigenvalue weighted by molar-refractivity contribution is 7.11. The van der Waals surface area contributed by atoms with Gasteiger partial charge in [-0.05, 0) is 70.1 Å². The molecule has 1 unspecified atom stereocenters. The lowest BCUT2D eigenvalue weighted by atomic mass is 9.69. The van der Waals surface area contributed by atoms with E-state index in [1.807, 2.05) is 25.7 Å². The SMILES string of the molecule is COC[C@H]1CCCN(C(=O)[C@@H](NC(=O)[C@@H]2CN(C(=O)c3cncs3)CC23CN(C(=O)C(C)(C)C2CC2)C3)[C@@H](C)OC(C)C2CCC(F)(F)CC2)C1. The van der Waals surface area contributed by atoms with E-state index in [9.17, 15) is 28.0 Å². The number of nitrogens with one attached hydrogen (secondary N) is 1. The van der Waals surface area contributed by atoms with Crippen molar-refractivity contribution in [1.82, 2.24) is 25.0 Å². The molecule has 1 aromatic heterocycles. The second-order valence-corrected chi connectivity index (χ2v) is 17.5. The zero-order valence-electron chi connectivity index (χ0n) is 30.7. The van der Waals surface area contributed by atoms with Crippen LogP contribution in [-0.2, 0) is 23.9 Å². The van der Waals surface area contributed by atoms with Crippen molar-refractivity contribution >= 4 is 35.0 Å². The number of methoxy groups -OCH3 is 1. The van der Waals surface area contributed by atoms with E-state index in [4.69, 9.17) is 9.47 Å². The van der Waals surface area contributed by atoms with E-state index in [-0.39, 0.29) is 54.9 Å². The number of alkyl halides is 2. The zero-order valence-corrected chi connectivity index (χ0v) is 31.5. The molecule has 1 aromatic rings. The predicted molar refractivity (Wildman–Crippen MR) is 187 cm³/mol. The largest absolute Gasteiger partial charge is 0.384 e. The van der Waals surface area contributed by atoms with Crippen LogP contribution >= 0.6 is 11.3 Å². The molecule has 2 aliphatic carbocycles. The van der Waals surface area contributed by atoms with Gasteiger partial charge >= 0.3 is 0 Å². The molecular weight excluding hydrogens is 680 g/mol. The van der Waals surface area contributed by atoms with Crippen molar-refractivity contribution in [2.45, 2.75) is 103 Å². The number of ether oxygens (including phenoxy) is 2. The second kappa shape index (κ2) is 15.0. The number of nitrogens with zero attached hydrogens (tertiary/aromatic N) is 4. The lowest BCUT2D eigenvalue weighted by Crippen LogP contribution is -2.67. The number of halogens is 2. The van der Waals surface area contributed by atoms with Crippen molar-refractivity contribution in [2.75, 3.05) is 53.0 Å². The van der Waals surface area contributed by atoms with Crippen molar-refractivity contribution in [1.29, 1.82) is 0 Å². The summed E-state index contributed by atoms with van der Waals surface area (Å²) in [4.78, 5) is 65.9. The van der Waals surface area contributed by atoms with Crippen LogP contribution in [0.5, 0.6) is 0 Å². The average molecular weight is 736 g/mol. The quantitative estimate of drug-likeness (QED) is 0.337. The van der Waals surface area contributed by atoms with Gasteiger partial charge in [-0.1, -0.05) is 13.8 Å². The Bertz CT molecular complexity index is 1420. The summed E-state index contributed by atoms with van der Waals surface area (Å²) in [7, 11) is 1.64. The van der Waals surface area contributed by atoms with E-state index in [2.05, 4.69) is 10.3 Å². The Morgan fingerprint density at radius 3 is 2.33 bits per heavy atom. The predicted octanol–water partition coefficient (Wildman–Crippen LogP) is 4.47. The van der Waals surface area contributed by atoms with Crippen molar-refractivity contribution in [2.24, 2.45) is 34.5 Å². The van der Waals surface area contributed by atoms with E-state index < -0.39 is 40.9 Å². The zero-order chi connectivity index (χ0) is 36.7. The molecule has 5 atom stereocenters. The number of rotatable bonds is 12. The highest BCUT2D eigenvalue weighted by atomic mass is 32.1. The van der Waals surface area contributed by atoms with Gasteiger partial charge in [0.25, 0.3) is 5.91 Å². The molecule has 0 bridgehead atoms. The van der Waals surface area contributed by atoms with Crippen LogP contribution in [0.15, 0.2) is 11.7 Å². The molecule has 5 fully saturated rings. The number of carbonyl (C=O) groups excluding carboxylic acids is 4. The third-order valence-electron chi connectivity index (χ3n) is 12.5. The first-order valence-electron chi connectivity index (χ1n) is 18.7. The van der Waals surface area contributed by atoms with Crippen LogP contribution in [0.2, 0.25) is 0 Å². The number of thiazole rings is 1. The van der Waals surface area contributed by atoms with Crippen molar-refractivity contribution in [3.8, 4) is 0 Å². The Balaban J connectivity index is 1.21. The van der Waals surface area contributed by atoms with Gasteiger partial charge in [-0.25, -0.2) is 8.78 Å². The van der Waals surface area contributed by atoms with Crippen LogP contribution < -0.4 is 5.32 Å². The fourth-order valence-electron chi connectivity index (χ4n) is 9.05. The number of hydrogen-bond acceptors (Lipinski definition) is 8. The molecule has 4 heterocycles. The summed E-state index contributed by atoms with van der Waals surface area (Å²) in [6, 6.07) is -1.03. The highest BCUT2D eigenvalue weighted by Gasteiger charge is 2.61. The van der Waals surface area contributed by atoms with Crippen LogP contribution in [-0.4, -0.2) is 120 Å². The number of piperidine rings is 1. The molecule has 11 nitrogen and oxygen atoms in total. The third-order valence-corrected chi connectivity index (χ3v) is 13.2. The van der Waals surface area contributed by atoms with Gasteiger partial charge in [0.1, 0.15) is 10.9 Å². The number of amides is 4. The van der Waals surface area contributed by atoms with E-state index in [0.717, 1.165) is 25.7 Å². The summed E-state index contributed by atoms with van der Waals surface area (Å²) < 4.78 is 39.7. The van der Waals surface area contributed by atoms with Gasteiger partial charge in [-0.15, -0.1) is 11.3 Å². The normalized spacial score (nSPS) is 26.8. The minimum Gasteiger partial charge on any atom is -0.384 e. The first kappa shape index (κ1) is 38.0. The maximum absolute atomic E-state index is 14.5. The van der Waals surface area contributed by atoms with Crippen molar-refractivity contribution < 1.29 is 37.4 Å². The molecule has 4 amide bonds. The monoisotopic (exact) mass is 735 g/mol. The molecule has 2 saturated carbocycles. The first-order valence-corrected chi connectivity index (χ1v) is 19.6. The summed E-state index contributed by atoms with van der Waals surface area (Å²) in [5.41, 5.74) is 0.454. The number of aromatic nitrogens is 1. The van der Waals surface area contributed by atoms with Crippen LogP contribution in [0.25, 0.3) is 0 Å². The maximum atomic E-state index is 14.5. The topological polar surface area (TPSA) is 121 Å². The lowest BCUT2D eigenvalue weighted by molar-refractivity contribution is -0.159.